The standard InChI is InChI=1S/C13H16ClN3O3S/c1-9-12(8-18)13(17-16-9)21(19,20)15-7-6-10-2-4-11(14)5-3-10/h2-5,15,18H,6-8H2,1H3,(H,16,17). The van der Waals surface area contributed by atoms with Gasteiger partial charge in [-0.2, -0.15) is 5.10 Å². The average molecular weight is 330 g/mol. The van der Waals surface area contributed by atoms with Gasteiger partial charge in [-0.1, -0.05) is 23.7 Å². The molecule has 0 bridgehead atoms. The summed E-state index contributed by atoms with van der Waals surface area (Å²) >= 11 is 5.79. The number of hydrogen-bond acceptors (Lipinski definition) is 4. The van der Waals surface area contributed by atoms with Crippen molar-refractivity contribution in [3.05, 3.63) is 46.1 Å². The fourth-order valence-corrected chi connectivity index (χ4v) is 3.23. The summed E-state index contributed by atoms with van der Waals surface area (Å²) in [5.41, 5.74) is 1.80. The van der Waals surface area contributed by atoms with E-state index in [0.717, 1.165) is 5.56 Å². The van der Waals surface area contributed by atoms with Crippen molar-refractivity contribution in [3.8, 4) is 0 Å². The molecule has 8 heteroatoms. The van der Waals surface area contributed by atoms with Crippen LogP contribution in [0.2, 0.25) is 5.02 Å². The molecule has 1 aromatic carbocycles. The second-order valence-electron chi connectivity index (χ2n) is 4.56. The van der Waals surface area contributed by atoms with Gasteiger partial charge >= 0.3 is 0 Å². The Morgan fingerprint density at radius 1 is 1.33 bits per heavy atom. The first-order valence-electron chi connectivity index (χ1n) is 6.33. The third-order valence-electron chi connectivity index (χ3n) is 3.07. The van der Waals surface area contributed by atoms with Crippen LogP contribution < -0.4 is 4.72 Å². The molecule has 0 saturated carbocycles. The summed E-state index contributed by atoms with van der Waals surface area (Å²) in [5.74, 6) is 0. The molecule has 6 nitrogen and oxygen atoms in total. The predicted molar refractivity (Wildman–Crippen MR) is 79.6 cm³/mol. The molecule has 2 aromatic rings. The predicted octanol–water partition coefficient (Wildman–Crippen LogP) is 1.38. The second-order valence-corrected chi connectivity index (χ2v) is 6.68. The van der Waals surface area contributed by atoms with E-state index in [4.69, 9.17) is 11.6 Å². The Morgan fingerprint density at radius 2 is 2.00 bits per heavy atom. The van der Waals surface area contributed by atoms with Crippen LogP contribution in [0.15, 0.2) is 29.3 Å². The summed E-state index contributed by atoms with van der Waals surface area (Å²) in [6, 6.07) is 7.20. The van der Waals surface area contributed by atoms with Gasteiger partial charge in [0, 0.05) is 22.8 Å². The highest BCUT2D eigenvalue weighted by Gasteiger charge is 2.22. The number of rotatable bonds is 6. The van der Waals surface area contributed by atoms with Crippen LogP contribution in [0, 0.1) is 6.92 Å². The monoisotopic (exact) mass is 329 g/mol. The van der Waals surface area contributed by atoms with E-state index in [1.165, 1.54) is 0 Å². The molecule has 21 heavy (non-hydrogen) atoms. The zero-order valence-corrected chi connectivity index (χ0v) is 13.0. The van der Waals surface area contributed by atoms with E-state index < -0.39 is 10.0 Å². The number of aromatic amines is 1. The maximum absolute atomic E-state index is 12.1. The molecule has 2 rings (SSSR count). The van der Waals surface area contributed by atoms with Gasteiger partial charge in [0.2, 0.25) is 0 Å². The third kappa shape index (κ3) is 3.82. The van der Waals surface area contributed by atoms with E-state index in [0.29, 0.717) is 17.1 Å². The van der Waals surface area contributed by atoms with Crippen LogP contribution in [0.25, 0.3) is 0 Å². The van der Waals surface area contributed by atoms with Crippen molar-refractivity contribution in [2.45, 2.75) is 25.0 Å². The van der Waals surface area contributed by atoms with Crippen molar-refractivity contribution in [3.63, 3.8) is 0 Å². The highest BCUT2D eigenvalue weighted by molar-refractivity contribution is 7.89. The fraction of sp³-hybridized carbons (Fsp3) is 0.308. The topological polar surface area (TPSA) is 95.1 Å². The Balaban J connectivity index is 2.03. The lowest BCUT2D eigenvalue weighted by Gasteiger charge is -2.06. The van der Waals surface area contributed by atoms with Gasteiger partial charge in [0.05, 0.1) is 6.61 Å². The number of hydrogen-bond donors (Lipinski definition) is 3. The minimum absolute atomic E-state index is 0.154. The van der Waals surface area contributed by atoms with Gasteiger partial charge in [0.15, 0.2) is 5.03 Å². The quantitative estimate of drug-likeness (QED) is 0.746. The van der Waals surface area contributed by atoms with E-state index in [2.05, 4.69) is 14.9 Å². The molecule has 0 aliphatic carbocycles. The van der Waals surface area contributed by atoms with Crippen LogP contribution in [0.4, 0.5) is 0 Å². The van der Waals surface area contributed by atoms with Crippen LogP contribution >= 0.6 is 11.6 Å². The average Bonchev–Trinajstić information content (AvgIpc) is 2.82. The number of H-pyrrole nitrogens is 1. The molecule has 0 spiro atoms. The van der Waals surface area contributed by atoms with E-state index in [1.807, 2.05) is 12.1 Å². The van der Waals surface area contributed by atoms with Crippen LogP contribution in [-0.2, 0) is 23.1 Å². The van der Waals surface area contributed by atoms with E-state index >= 15 is 0 Å². The summed E-state index contributed by atoms with van der Waals surface area (Å²) in [5, 5.41) is 16.0. The third-order valence-corrected chi connectivity index (χ3v) is 4.75. The van der Waals surface area contributed by atoms with Gasteiger partial charge < -0.3 is 5.11 Å². The molecular formula is C13H16ClN3O3S. The summed E-state index contributed by atoms with van der Waals surface area (Å²) in [6.45, 7) is 1.52. The molecule has 1 heterocycles. The molecule has 0 atom stereocenters. The number of halogens is 1. The van der Waals surface area contributed by atoms with Crippen molar-refractivity contribution in [2.24, 2.45) is 0 Å². The molecule has 0 amide bonds. The van der Waals surface area contributed by atoms with Crippen molar-refractivity contribution in [2.75, 3.05) is 6.54 Å². The lowest BCUT2D eigenvalue weighted by atomic mass is 10.2. The van der Waals surface area contributed by atoms with Crippen LogP contribution in [-0.4, -0.2) is 30.3 Å². The number of sulfonamides is 1. The smallest absolute Gasteiger partial charge is 0.260 e. The lowest BCUT2D eigenvalue weighted by molar-refractivity contribution is 0.277. The van der Waals surface area contributed by atoms with Gasteiger partial charge in [-0.25, -0.2) is 13.1 Å². The van der Waals surface area contributed by atoms with E-state index in [-0.39, 0.29) is 23.7 Å². The number of nitrogens with one attached hydrogen (secondary N) is 2. The van der Waals surface area contributed by atoms with Crippen molar-refractivity contribution in [1.29, 1.82) is 0 Å². The molecule has 0 radical (unpaired) electrons. The van der Waals surface area contributed by atoms with Crippen LogP contribution in [0.1, 0.15) is 16.8 Å². The summed E-state index contributed by atoms with van der Waals surface area (Å²) < 4.78 is 26.8. The molecule has 0 aliphatic rings. The summed E-state index contributed by atoms with van der Waals surface area (Å²) in [6.07, 6.45) is 0.536. The van der Waals surface area contributed by atoms with Crippen molar-refractivity contribution < 1.29 is 13.5 Å². The van der Waals surface area contributed by atoms with Crippen LogP contribution in [0.3, 0.4) is 0 Å². The Hall–Kier alpha value is -1.41. The molecule has 3 N–H and O–H groups in total. The molecule has 0 unspecified atom stereocenters. The minimum atomic E-state index is -3.74. The molecular weight excluding hydrogens is 314 g/mol. The second kappa shape index (κ2) is 6.57. The maximum atomic E-state index is 12.1. The first-order valence-corrected chi connectivity index (χ1v) is 8.19. The van der Waals surface area contributed by atoms with Crippen molar-refractivity contribution in [1.82, 2.24) is 14.9 Å². The molecule has 0 fully saturated rings. The molecule has 114 valence electrons. The van der Waals surface area contributed by atoms with Gasteiger partial charge in [-0.3, -0.25) is 5.10 Å². The SMILES string of the molecule is Cc1[nH]nc(S(=O)(=O)NCCc2ccc(Cl)cc2)c1CO. The van der Waals surface area contributed by atoms with Crippen molar-refractivity contribution >= 4 is 21.6 Å². The zero-order chi connectivity index (χ0) is 15.5. The minimum Gasteiger partial charge on any atom is -0.392 e. The number of aromatic nitrogens is 2. The highest BCUT2D eigenvalue weighted by Crippen LogP contribution is 2.16. The number of nitrogens with zero attached hydrogens (tertiary/aromatic N) is 1. The van der Waals surface area contributed by atoms with Gasteiger partial charge in [-0.05, 0) is 31.0 Å². The van der Waals surface area contributed by atoms with Crippen LogP contribution in [0.5, 0.6) is 0 Å². The first-order chi connectivity index (χ1) is 9.94. The zero-order valence-electron chi connectivity index (χ0n) is 11.4. The highest BCUT2D eigenvalue weighted by atomic mass is 35.5. The number of benzene rings is 1. The fourth-order valence-electron chi connectivity index (χ4n) is 1.89. The first kappa shape index (κ1) is 16.0. The van der Waals surface area contributed by atoms with Gasteiger partial charge in [0.25, 0.3) is 10.0 Å². The molecule has 0 saturated heterocycles. The summed E-state index contributed by atoms with van der Waals surface area (Å²) in [4.78, 5) is 0. The van der Waals surface area contributed by atoms with E-state index in [9.17, 15) is 13.5 Å². The maximum Gasteiger partial charge on any atom is 0.260 e. The normalized spacial score (nSPS) is 11.8. The Kier molecular flexibility index (Phi) is 5.00. The van der Waals surface area contributed by atoms with Gasteiger partial charge in [0.1, 0.15) is 0 Å². The molecule has 0 aliphatic heterocycles. The molecule has 1 aromatic heterocycles. The largest absolute Gasteiger partial charge is 0.392 e. The Bertz CT molecular complexity index is 711. The van der Waals surface area contributed by atoms with E-state index in [1.54, 1.807) is 19.1 Å². The van der Waals surface area contributed by atoms with Gasteiger partial charge in [-0.15, -0.1) is 0 Å². The number of aliphatic hydroxyl groups excluding tert-OH is 1. The Morgan fingerprint density at radius 3 is 2.62 bits per heavy atom. The Labute approximate surface area is 128 Å². The lowest BCUT2D eigenvalue weighted by Crippen LogP contribution is -2.27. The summed E-state index contributed by atoms with van der Waals surface area (Å²) in [7, 11) is -3.74. The number of aliphatic hydroxyl groups is 1. The number of aryl methyl sites for hydroxylation is 1.